The number of nitriles is 1. The number of alkyl halides is 4. The minimum atomic E-state index is -4.53. The lowest BCUT2D eigenvalue weighted by molar-refractivity contribution is -0.137. The van der Waals surface area contributed by atoms with Crippen molar-refractivity contribution in [3.8, 4) is 11.8 Å². The number of halogens is 4. The molecule has 0 aromatic heterocycles. The molecule has 0 radical (unpaired) electrons. The highest BCUT2D eigenvalue weighted by molar-refractivity contribution is 9.09. The van der Waals surface area contributed by atoms with Crippen LogP contribution < -0.4 is 9.64 Å². The summed E-state index contributed by atoms with van der Waals surface area (Å²) in [5.41, 5.74) is 0.545. The molecule has 29 heavy (non-hydrogen) atoms. The summed E-state index contributed by atoms with van der Waals surface area (Å²) in [6.45, 7) is 2.03. The van der Waals surface area contributed by atoms with E-state index in [-0.39, 0.29) is 5.56 Å². The first kappa shape index (κ1) is 21.5. The summed E-state index contributed by atoms with van der Waals surface area (Å²) in [6.07, 6.45) is -1.85. The molecule has 1 saturated heterocycles. The summed E-state index contributed by atoms with van der Waals surface area (Å²) in [6, 6.07) is 13.7. The van der Waals surface area contributed by atoms with Crippen molar-refractivity contribution >= 4 is 21.6 Å². The van der Waals surface area contributed by atoms with Crippen molar-refractivity contribution in [2.45, 2.75) is 31.4 Å². The van der Waals surface area contributed by atoms with Crippen LogP contribution >= 0.6 is 15.9 Å². The van der Waals surface area contributed by atoms with E-state index in [0.717, 1.165) is 36.4 Å². The molecule has 1 aliphatic rings. The molecule has 7 heteroatoms. The fraction of sp³-hybridized carbons (Fsp3) is 0.409. The van der Waals surface area contributed by atoms with E-state index in [0.29, 0.717) is 31.3 Å². The minimum Gasteiger partial charge on any atom is -0.494 e. The molecular formula is C22H22BrF3N2O. The predicted octanol–water partition coefficient (Wildman–Crippen LogP) is 6.12. The molecule has 0 unspecified atom stereocenters. The van der Waals surface area contributed by atoms with Crippen LogP contribution in [-0.2, 0) is 6.18 Å². The van der Waals surface area contributed by atoms with Gasteiger partial charge in [-0.05, 0) is 61.1 Å². The number of hydrogen-bond acceptors (Lipinski definition) is 3. The van der Waals surface area contributed by atoms with E-state index in [1.807, 2.05) is 17.0 Å². The summed E-state index contributed by atoms with van der Waals surface area (Å²) in [5, 5.41) is 9.86. The Hall–Kier alpha value is -2.20. The van der Waals surface area contributed by atoms with Gasteiger partial charge in [0.25, 0.3) is 0 Å². The van der Waals surface area contributed by atoms with Crippen molar-refractivity contribution in [1.29, 1.82) is 5.26 Å². The number of hydrogen-bond donors (Lipinski definition) is 0. The van der Waals surface area contributed by atoms with E-state index in [9.17, 15) is 13.2 Å². The maximum Gasteiger partial charge on any atom is 0.417 e. The third kappa shape index (κ3) is 5.45. The molecule has 0 N–H and O–H groups in total. The highest BCUT2D eigenvalue weighted by atomic mass is 79.9. The Kier molecular flexibility index (Phi) is 7.07. The standard InChI is InChI=1S/C22H22BrF3N2O/c23-10-1-13-29-20-6-3-16(4-7-20)17-8-11-28(12-9-17)19-5-2-18(15-27)21(14-19)22(24,25)26/h2-7,14,17H,1,8-13H2. The van der Waals surface area contributed by atoms with Crippen molar-refractivity contribution < 1.29 is 17.9 Å². The van der Waals surface area contributed by atoms with Crippen LogP contribution in [0.1, 0.15) is 41.9 Å². The molecule has 0 saturated carbocycles. The maximum atomic E-state index is 13.2. The first-order chi connectivity index (χ1) is 13.9. The number of piperidine rings is 1. The van der Waals surface area contributed by atoms with Gasteiger partial charge in [-0.15, -0.1) is 0 Å². The minimum absolute atomic E-state index is 0.338. The molecule has 1 heterocycles. The normalized spacial score (nSPS) is 15.2. The smallest absolute Gasteiger partial charge is 0.417 e. The van der Waals surface area contributed by atoms with Crippen LogP contribution in [0.2, 0.25) is 0 Å². The molecule has 0 amide bonds. The summed E-state index contributed by atoms with van der Waals surface area (Å²) in [5.74, 6) is 1.23. The van der Waals surface area contributed by atoms with Crippen LogP contribution in [0.5, 0.6) is 5.75 Å². The van der Waals surface area contributed by atoms with Crippen molar-refractivity contribution in [2.24, 2.45) is 0 Å². The Labute approximate surface area is 177 Å². The molecule has 154 valence electrons. The van der Waals surface area contributed by atoms with Crippen molar-refractivity contribution in [3.05, 3.63) is 59.2 Å². The van der Waals surface area contributed by atoms with Gasteiger partial charge in [0.05, 0.1) is 23.8 Å². The third-order valence-electron chi connectivity index (χ3n) is 5.19. The molecule has 0 aliphatic carbocycles. The molecule has 1 aliphatic heterocycles. The zero-order valence-electron chi connectivity index (χ0n) is 15.9. The monoisotopic (exact) mass is 466 g/mol. The van der Waals surface area contributed by atoms with Gasteiger partial charge < -0.3 is 9.64 Å². The lowest BCUT2D eigenvalue weighted by atomic mass is 9.89. The summed E-state index contributed by atoms with van der Waals surface area (Å²) < 4.78 is 45.3. The van der Waals surface area contributed by atoms with Gasteiger partial charge >= 0.3 is 6.18 Å². The third-order valence-corrected chi connectivity index (χ3v) is 5.75. The summed E-state index contributed by atoms with van der Waals surface area (Å²) in [7, 11) is 0. The molecule has 0 bridgehead atoms. The maximum absolute atomic E-state index is 13.2. The largest absolute Gasteiger partial charge is 0.494 e. The van der Waals surface area contributed by atoms with Gasteiger partial charge in [0, 0.05) is 24.1 Å². The molecule has 2 aromatic carbocycles. The number of rotatable bonds is 6. The zero-order chi connectivity index (χ0) is 20.9. The van der Waals surface area contributed by atoms with Crippen LogP contribution in [0.15, 0.2) is 42.5 Å². The SMILES string of the molecule is N#Cc1ccc(N2CCC(c3ccc(OCCCBr)cc3)CC2)cc1C(F)(F)F. The topological polar surface area (TPSA) is 36.3 Å². The first-order valence-electron chi connectivity index (χ1n) is 9.57. The van der Waals surface area contributed by atoms with Crippen molar-refractivity contribution in [2.75, 3.05) is 29.9 Å². The van der Waals surface area contributed by atoms with Crippen LogP contribution in [0.25, 0.3) is 0 Å². The number of anilines is 1. The summed E-state index contributed by atoms with van der Waals surface area (Å²) >= 11 is 3.38. The van der Waals surface area contributed by atoms with Crippen LogP contribution in [0.4, 0.5) is 18.9 Å². The van der Waals surface area contributed by atoms with Crippen LogP contribution in [-0.4, -0.2) is 25.0 Å². The predicted molar refractivity (Wildman–Crippen MR) is 111 cm³/mol. The number of benzene rings is 2. The van der Waals surface area contributed by atoms with E-state index in [1.165, 1.54) is 11.6 Å². The molecule has 3 rings (SSSR count). The Balaban J connectivity index is 1.63. The van der Waals surface area contributed by atoms with Gasteiger partial charge in [0.1, 0.15) is 5.75 Å². The molecule has 2 aromatic rings. The first-order valence-corrected chi connectivity index (χ1v) is 10.7. The molecule has 3 nitrogen and oxygen atoms in total. The van der Waals surface area contributed by atoms with Gasteiger partial charge in [-0.3, -0.25) is 0 Å². The molecule has 0 atom stereocenters. The molecular weight excluding hydrogens is 445 g/mol. The van der Waals surface area contributed by atoms with Crippen molar-refractivity contribution in [3.63, 3.8) is 0 Å². The van der Waals surface area contributed by atoms with E-state index < -0.39 is 11.7 Å². The van der Waals surface area contributed by atoms with Gasteiger partial charge in [-0.1, -0.05) is 28.1 Å². The Morgan fingerprint density at radius 2 is 1.79 bits per heavy atom. The van der Waals surface area contributed by atoms with Gasteiger partial charge in [0.15, 0.2) is 0 Å². The Morgan fingerprint density at radius 1 is 1.10 bits per heavy atom. The lowest BCUT2D eigenvalue weighted by Crippen LogP contribution is -2.33. The fourth-order valence-corrected chi connectivity index (χ4v) is 3.84. The lowest BCUT2D eigenvalue weighted by Gasteiger charge is -2.34. The van der Waals surface area contributed by atoms with E-state index in [4.69, 9.17) is 10.00 Å². The average Bonchev–Trinajstić information content (AvgIpc) is 2.73. The zero-order valence-corrected chi connectivity index (χ0v) is 17.5. The van der Waals surface area contributed by atoms with Crippen molar-refractivity contribution in [1.82, 2.24) is 0 Å². The Bertz CT molecular complexity index is 854. The van der Waals surface area contributed by atoms with Crippen LogP contribution in [0, 0.1) is 11.3 Å². The molecule has 0 spiro atoms. The highest BCUT2D eigenvalue weighted by Gasteiger charge is 2.34. The van der Waals surface area contributed by atoms with Gasteiger partial charge in [-0.2, -0.15) is 18.4 Å². The fourth-order valence-electron chi connectivity index (χ4n) is 3.61. The summed E-state index contributed by atoms with van der Waals surface area (Å²) in [4.78, 5) is 1.96. The average molecular weight is 467 g/mol. The second kappa shape index (κ2) is 9.53. The number of ether oxygens (including phenoxy) is 1. The van der Waals surface area contributed by atoms with Gasteiger partial charge in [-0.25, -0.2) is 0 Å². The van der Waals surface area contributed by atoms with Gasteiger partial charge in [0.2, 0.25) is 0 Å². The quantitative estimate of drug-likeness (QED) is 0.379. The highest BCUT2D eigenvalue weighted by Crippen LogP contribution is 2.36. The van der Waals surface area contributed by atoms with E-state index >= 15 is 0 Å². The van der Waals surface area contributed by atoms with E-state index in [2.05, 4.69) is 28.1 Å². The Morgan fingerprint density at radius 3 is 2.38 bits per heavy atom. The second-order valence-corrected chi connectivity index (χ2v) is 7.85. The molecule has 1 fully saturated rings. The van der Waals surface area contributed by atoms with Crippen LogP contribution in [0.3, 0.4) is 0 Å². The van der Waals surface area contributed by atoms with E-state index in [1.54, 1.807) is 12.1 Å². The number of nitrogens with zero attached hydrogens (tertiary/aromatic N) is 2. The second-order valence-electron chi connectivity index (χ2n) is 7.06.